The van der Waals surface area contributed by atoms with E-state index in [0.717, 1.165) is 6.42 Å². The second kappa shape index (κ2) is 6.81. The predicted molar refractivity (Wildman–Crippen MR) is 111 cm³/mol. The van der Waals surface area contributed by atoms with Gasteiger partial charge in [-0.05, 0) is 24.3 Å². The van der Waals surface area contributed by atoms with E-state index < -0.39 is 16.2 Å². The lowest BCUT2D eigenvalue weighted by molar-refractivity contribution is -0.385. The van der Waals surface area contributed by atoms with Crippen molar-refractivity contribution in [3.8, 4) is 0 Å². The largest absolute Gasteiger partial charge is 0.282 e. The standard InChI is InChI=1S/C17H18Br3N3O4/c1-15(2)16(13(19)20)7-8-17(15,12(16)18)14(25)22-21-11(24)9-5-3-4-6-10(9)23(26)27/h3-6,12-13H,7-8H2,1-2H3,(H,21,24)(H,22,25). The van der Waals surface area contributed by atoms with Crippen LogP contribution in [0.4, 0.5) is 5.69 Å². The van der Waals surface area contributed by atoms with Gasteiger partial charge in [0.15, 0.2) is 0 Å². The first kappa shape index (κ1) is 20.7. The highest BCUT2D eigenvalue weighted by Gasteiger charge is 2.83. The van der Waals surface area contributed by atoms with Crippen LogP contribution in [0.1, 0.15) is 37.0 Å². The zero-order valence-electron chi connectivity index (χ0n) is 14.6. The molecular formula is C17H18Br3N3O4. The lowest BCUT2D eigenvalue weighted by Crippen LogP contribution is -2.72. The first-order valence-corrected chi connectivity index (χ1v) is 11.0. The number of nitrogens with zero attached hydrogens (tertiary/aromatic N) is 1. The van der Waals surface area contributed by atoms with Gasteiger partial charge in [-0.25, -0.2) is 0 Å². The molecule has 1 aromatic carbocycles. The predicted octanol–water partition coefficient (Wildman–Crippen LogP) is 4.04. The van der Waals surface area contributed by atoms with Crippen LogP contribution in [-0.4, -0.2) is 25.3 Å². The first-order chi connectivity index (χ1) is 12.5. The zero-order valence-corrected chi connectivity index (χ0v) is 19.4. The number of hydrazine groups is 1. The number of amides is 2. The number of nitro benzene ring substituents is 1. The molecule has 0 aliphatic heterocycles. The third-order valence-corrected chi connectivity index (χ3v) is 9.76. The molecular weight excluding hydrogens is 550 g/mol. The summed E-state index contributed by atoms with van der Waals surface area (Å²) in [6.07, 6.45) is 1.53. The first-order valence-electron chi connectivity index (χ1n) is 8.30. The lowest BCUT2D eigenvalue weighted by atomic mass is 9.43. The number of hydrogen-bond donors (Lipinski definition) is 2. The van der Waals surface area contributed by atoms with Gasteiger partial charge in [-0.3, -0.25) is 30.6 Å². The maximum atomic E-state index is 13.0. The molecule has 7 nitrogen and oxygen atoms in total. The van der Waals surface area contributed by atoms with Crippen LogP contribution in [0.3, 0.4) is 0 Å². The Balaban J connectivity index is 1.76. The number of carbonyl (C=O) groups is 2. The Morgan fingerprint density at radius 1 is 1.22 bits per heavy atom. The highest BCUT2D eigenvalue weighted by atomic mass is 79.9. The molecule has 10 heteroatoms. The summed E-state index contributed by atoms with van der Waals surface area (Å²) < 4.78 is 0.0434. The molecule has 3 aliphatic rings. The van der Waals surface area contributed by atoms with E-state index in [2.05, 4.69) is 72.5 Å². The van der Waals surface area contributed by atoms with Gasteiger partial charge in [0.25, 0.3) is 11.6 Å². The number of rotatable bonds is 4. The molecule has 3 saturated carbocycles. The Kier molecular flexibility index (Phi) is 5.22. The minimum Gasteiger partial charge on any atom is -0.273 e. The van der Waals surface area contributed by atoms with Gasteiger partial charge in [0, 0.05) is 16.3 Å². The summed E-state index contributed by atoms with van der Waals surface area (Å²) in [5.41, 5.74) is 3.27. The lowest BCUT2D eigenvalue weighted by Gasteiger charge is -2.66. The molecule has 1 aromatic rings. The molecule has 2 amide bonds. The maximum Gasteiger partial charge on any atom is 0.282 e. The fourth-order valence-corrected chi connectivity index (χ4v) is 9.73. The Hall–Kier alpha value is -1.00. The quantitative estimate of drug-likeness (QED) is 0.326. The van der Waals surface area contributed by atoms with Crippen molar-refractivity contribution in [1.29, 1.82) is 0 Å². The third-order valence-electron chi connectivity index (χ3n) is 6.53. The monoisotopic (exact) mass is 565 g/mol. The second-order valence-electron chi connectivity index (χ2n) is 7.48. The molecule has 3 unspecified atom stereocenters. The van der Waals surface area contributed by atoms with Crippen molar-refractivity contribution < 1.29 is 14.5 Å². The average Bonchev–Trinajstić information content (AvgIpc) is 3.09. The molecule has 0 saturated heterocycles. The van der Waals surface area contributed by atoms with Crippen LogP contribution >= 0.6 is 47.8 Å². The molecule has 4 rings (SSSR count). The van der Waals surface area contributed by atoms with Crippen LogP contribution in [0.25, 0.3) is 0 Å². The molecule has 3 atom stereocenters. The highest BCUT2D eigenvalue weighted by Crippen LogP contribution is 2.82. The number of fused-ring (bicyclic) bond motifs is 1. The minimum atomic E-state index is -0.724. The molecule has 3 fully saturated rings. The molecule has 2 bridgehead atoms. The summed E-state index contributed by atoms with van der Waals surface area (Å²) in [6, 6.07) is 5.60. The van der Waals surface area contributed by atoms with Gasteiger partial charge in [0.05, 0.1) is 14.1 Å². The fourth-order valence-electron chi connectivity index (χ4n) is 4.82. The normalized spacial score (nSPS) is 30.5. The molecule has 0 heterocycles. The Bertz CT molecular complexity index is 831. The van der Waals surface area contributed by atoms with E-state index in [1.807, 2.05) is 0 Å². The van der Waals surface area contributed by atoms with Crippen molar-refractivity contribution in [3.05, 3.63) is 39.9 Å². The second-order valence-corrected chi connectivity index (χ2v) is 11.5. The smallest absolute Gasteiger partial charge is 0.273 e. The van der Waals surface area contributed by atoms with Gasteiger partial charge >= 0.3 is 0 Å². The van der Waals surface area contributed by atoms with Crippen LogP contribution in [0.15, 0.2) is 24.3 Å². The number of alkyl halides is 3. The Labute approximate surface area is 181 Å². The van der Waals surface area contributed by atoms with Crippen molar-refractivity contribution >= 4 is 65.3 Å². The average molecular weight is 568 g/mol. The number of carbonyl (C=O) groups excluding carboxylic acids is 2. The van der Waals surface area contributed by atoms with E-state index in [0.29, 0.717) is 6.42 Å². The van der Waals surface area contributed by atoms with E-state index in [1.54, 1.807) is 0 Å². The van der Waals surface area contributed by atoms with Gasteiger partial charge in [-0.15, -0.1) is 0 Å². The van der Waals surface area contributed by atoms with Crippen molar-refractivity contribution in [2.45, 2.75) is 35.3 Å². The summed E-state index contributed by atoms with van der Waals surface area (Å²) in [6.45, 7) is 4.10. The number of nitro groups is 1. The number of nitrogens with one attached hydrogen (secondary N) is 2. The van der Waals surface area contributed by atoms with E-state index in [-0.39, 0.29) is 36.6 Å². The number of benzene rings is 1. The van der Waals surface area contributed by atoms with Crippen molar-refractivity contribution in [3.63, 3.8) is 0 Å². The Morgan fingerprint density at radius 3 is 2.37 bits per heavy atom. The van der Waals surface area contributed by atoms with Crippen LogP contribution in [-0.2, 0) is 4.79 Å². The molecule has 0 spiro atoms. The van der Waals surface area contributed by atoms with Gasteiger partial charge in [0.2, 0.25) is 5.91 Å². The molecule has 3 aliphatic carbocycles. The third kappa shape index (κ3) is 2.55. The van der Waals surface area contributed by atoms with Crippen LogP contribution in [0.5, 0.6) is 0 Å². The SMILES string of the molecule is CC1(C)C2(C(=O)NNC(=O)c3ccccc3[N+](=O)[O-])CCC1(C(Br)Br)C2Br. The molecule has 0 radical (unpaired) electrons. The zero-order chi connectivity index (χ0) is 20.2. The summed E-state index contributed by atoms with van der Waals surface area (Å²) in [5, 5.41) is 11.1. The van der Waals surface area contributed by atoms with E-state index in [1.165, 1.54) is 24.3 Å². The number of hydrogen-bond acceptors (Lipinski definition) is 4. The topological polar surface area (TPSA) is 101 Å². The Morgan fingerprint density at radius 2 is 1.85 bits per heavy atom. The highest BCUT2D eigenvalue weighted by molar-refractivity contribution is 9.24. The van der Waals surface area contributed by atoms with Crippen LogP contribution < -0.4 is 10.9 Å². The summed E-state index contributed by atoms with van der Waals surface area (Å²) in [7, 11) is 0. The van der Waals surface area contributed by atoms with Gasteiger partial charge in [-0.2, -0.15) is 0 Å². The number of halogens is 3. The maximum absolute atomic E-state index is 13.0. The summed E-state index contributed by atoms with van der Waals surface area (Å²) in [4.78, 5) is 35.8. The van der Waals surface area contributed by atoms with Gasteiger partial charge < -0.3 is 0 Å². The van der Waals surface area contributed by atoms with Gasteiger partial charge in [0.1, 0.15) is 5.56 Å². The van der Waals surface area contributed by atoms with Crippen molar-refractivity contribution in [2.24, 2.45) is 16.2 Å². The summed E-state index contributed by atoms with van der Waals surface area (Å²) in [5.74, 6) is -1.02. The van der Waals surface area contributed by atoms with E-state index in [4.69, 9.17) is 0 Å². The van der Waals surface area contributed by atoms with E-state index in [9.17, 15) is 19.7 Å². The molecule has 2 N–H and O–H groups in total. The van der Waals surface area contributed by atoms with Crippen molar-refractivity contribution in [2.75, 3.05) is 0 Å². The fraction of sp³-hybridized carbons (Fsp3) is 0.529. The molecule has 0 aromatic heterocycles. The van der Waals surface area contributed by atoms with E-state index >= 15 is 0 Å². The number of para-hydroxylation sites is 1. The molecule has 146 valence electrons. The van der Waals surface area contributed by atoms with Gasteiger partial charge in [-0.1, -0.05) is 73.8 Å². The van der Waals surface area contributed by atoms with Crippen LogP contribution in [0, 0.1) is 26.4 Å². The molecule has 27 heavy (non-hydrogen) atoms. The summed E-state index contributed by atoms with van der Waals surface area (Å²) >= 11 is 10.9. The van der Waals surface area contributed by atoms with Crippen molar-refractivity contribution in [1.82, 2.24) is 10.9 Å². The minimum absolute atomic E-state index is 0.0434. The van der Waals surface area contributed by atoms with Crippen LogP contribution in [0.2, 0.25) is 0 Å².